The Hall–Kier alpha value is -7.90. The van der Waals surface area contributed by atoms with E-state index in [9.17, 15) is 5.26 Å². The van der Waals surface area contributed by atoms with Crippen LogP contribution in [0.4, 0.5) is 45.8 Å². The van der Waals surface area contributed by atoms with Crippen LogP contribution in [0.25, 0.3) is 26.7 Å². The molecule has 0 saturated heterocycles. The van der Waals surface area contributed by atoms with E-state index in [4.69, 9.17) is 14.6 Å². The molecule has 56 heavy (non-hydrogen) atoms. The number of benzene rings is 2. The average Bonchev–Trinajstić information content (AvgIpc) is 3.87. The predicted octanol–water partition coefficient (Wildman–Crippen LogP) is 9.74. The molecule has 0 fully saturated rings. The summed E-state index contributed by atoms with van der Waals surface area (Å²) in [6.07, 6.45) is 9.11. The summed E-state index contributed by atoms with van der Waals surface area (Å²) < 4.78 is 5.22. The van der Waals surface area contributed by atoms with Crippen LogP contribution >= 0.6 is 0 Å². The highest BCUT2D eigenvalue weighted by Gasteiger charge is 2.27. The number of hydrogen-bond donors (Lipinski definition) is 6. The second-order valence-electron chi connectivity index (χ2n) is 13.8. The van der Waals surface area contributed by atoms with Gasteiger partial charge in [-0.2, -0.15) is 5.26 Å². The maximum atomic E-state index is 9.73. The molecule has 8 rings (SSSR count). The lowest BCUT2D eigenvalue weighted by molar-refractivity contribution is 0.398. The molecule has 6 heterocycles. The van der Waals surface area contributed by atoms with Gasteiger partial charge in [-0.15, -0.1) is 0 Å². The van der Waals surface area contributed by atoms with Gasteiger partial charge < -0.3 is 36.0 Å². The highest BCUT2D eigenvalue weighted by molar-refractivity contribution is 5.85. The van der Waals surface area contributed by atoms with Crippen LogP contribution in [0.1, 0.15) is 30.8 Å². The molecule has 0 bridgehead atoms. The number of nitrogens with one attached hydrogen (secondary N) is 6. The lowest BCUT2D eigenvalue weighted by Gasteiger charge is -2.18. The highest BCUT2D eigenvalue weighted by atomic mass is 16.5. The monoisotopic (exact) mass is 737 g/mol. The van der Waals surface area contributed by atoms with Gasteiger partial charge in [0.05, 0.1) is 36.3 Å². The molecule has 13 heteroatoms. The van der Waals surface area contributed by atoms with Crippen LogP contribution in [0.2, 0.25) is 0 Å². The number of H-pyrrole nitrogens is 2. The normalized spacial score (nSPS) is 11.0. The fraction of sp³-hybridized carbons (Fsp3) is 0.116. The summed E-state index contributed by atoms with van der Waals surface area (Å²) in [5.41, 5.74) is 8.19. The first-order chi connectivity index (χ1) is 27.3. The van der Waals surface area contributed by atoms with Crippen molar-refractivity contribution in [2.24, 2.45) is 0 Å². The molecule has 0 spiro atoms. The van der Waals surface area contributed by atoms with E-state index in [2.05, 4.69) is 78.2 Å². The van der Waals surface area contributed by atoms with Gasteiger partial charge in [0.2, 0.25) is 5.88 Å². The van der Waals surface area contributed by atoms with Crippen LogP contribution in [0.5, 0.6) is 5.88 Å². The van der Waals surface area contributed by atoms with E-state index < -0.39 is 5.41 Å². The molecule has 274 valence electrons. The molecule has 0 radical (unpaired) electrons. The fourth-order valence-corrected chi connectivity index (χ4v) is 6.19. The van der Waals surface area contributed by atoms with Crippen LogP contribution in [0.15, 0.2) is 122 Å². The second-order valence-corrected chi connectivity index (χ2v) is 13.8. The molecule has 0 aliphatic rings. The van der Waals surface area contributed by atoms with Crippen molar-refractivity contribution in [1.29, 1.82) is 5.26 Å². The Morgan fingerprint density at radius 1 is 0.661 bits per heavy atom. The minimum Gasteiger partial charge on any atom is -0.481 e. The Labute approximate surface area is 322 Å². The zero-order chi connectivity index (χ0) is 38.5. The van der Waals surface area contributed by atoms with Crippen LogP contribution < -0.4 is 26.0 Å². The van der Waals surface area contributed by atoms with Crippen LogP contribution in [-0.4, -0.2) is 43.6 Å². The molecule has 0 saturated carbocycles. The topological polar surface area (TPSA) is 169 Å². The Kier molecular flexibility index (Phi) is 9.55. The molecule has 0 amide bonds. The number of anilines is 8. The van der Waals surface area contributed by atoms with Crippen molar-refractivity contribution >= 4 is 67.6 Å². The molecule has 2 aromatic carbocycles. The summed E-state index contributed by atoms with van der Waals surface area (Å²) in [6, 6.07) is 34.6. The van der Waals surface area contributed by atoms with E-state index in [1.165, 1.54) is 0 Å². The fourth-order valence-electron chi connectivity index (χ4n) is 6.19. The molecule has 6 N–H and O–H groups in total. The number of aromatic nitrogens is 6. The zero-order valence-corrected chi connectivity index (χ0v) is 30.8. The van der Waals surface area contributed by atoms with E-state index in [1.807, 2.05) is 91.4 Å². The summed E-state index contributed by atoms with van der Waals surface area (Å²) in [4.78, 5) is 29.3. The van der Waals surface area contributed by atoms with Gasteiger partial charge in [-0.05, 0) is 84.8 Å². The number of nitrogens with zero attached hydrogens (tertiary/aromatic N) is 6. The summed E-state index contributed by atoms with van der Waals surface area (Å²) >= 11 is 0. The first kappa shape index (κ1) is 35.1. The molecule has 0 aliphatic heterocycles. The summed E-state index contributed by atoms with van der Waals surface area (Å²) in [5.74, 6) is 1.69. The van der Waals surface area contributed by atoms with Crippen molar-refractivity contribution in [3.8, 4) is 18.0 Å². The number of aromatic amines is 2. The van der Waals surface area contributed by atoms with Crippen molar-refractivity contribution in [3.05, 3.63) is 144 Å². The molecular weight excluding hydrogens is 701 g/mol. The lowest BCUT2D eigenvalue weighted by Crippen LogP contribution is -2.20. The molecule has 0 atom stereocenters. The third kappa shape index (κ3) is 8.17. The minimum atomic E-state index is -0.409. The number of methoxy groups -OCH3 is 1. The Bertz CT molecular complexity index is 2790. The number of nitriles is 1. The van der Waals surface area contributed by atoms with Crippen molar-refractivity contribution in [2.45, 2.75) is 19.3 Å². The third-order valence-corrected chi connectivity index (χ3v) is 9.13. The third-order valence-electron chi connectivity index (χ3n) is 9.13. The number of rotatable bonds is 11. The van der Waals surface area contributed by atoms with Crippen LogP contribution in [0.3, 0.4) is 0 Å². The van der Waals surface area contributed by atoms with Gasteiger partial charge in [0.15, 0.2) is 5.69 Å². The molecule has 0 unspecified atom stereocenters. The Balaban J connectivity index is 1.00. The maximum absolute atomic E-state index is 9.73. The summed E-state index contributed by atoms with van der Waals surface area (Å²) in [5, 5.41) is 25.5. The van der Waals surface area contributed by atoms with E-state index >= 15 is 0 Å². The standard InChI is InChI=1S/C43H36N12O/c1-43(2,29-14-36(23-45-22-29)51-33-15-35(21-44)54-40(19-33)52-30-6-4-27-10-12-47-38(27)17-30)26-46-24-37-16-34(50-32-8-9-42(56-3)49-25-32)20-41(55-37)53-31-7-5-28-11-13-48-39(28)18-31/h4-20,22-23,25,50,55H,26H2,1-3H3,(H3,47,48,51,52,53,54)/p+1. The van der Waals surface area contributed by atoms with Gasteiger partial charge >= 0.3 is 6.07 Å². The Morgan fingerprint density at radius 3 is 1.91 bits per heavy atom. The molecule has 0 aliphatic carbocycles. The van der Waals surface area contributed by atoms with Crippen LogP contribution in [-0.2, 0) is 5.41 Å². The number of ether oxygens (including phenoxy) is 1. The highest BCUT2D eigenvalue weighted by Crippen LogP contribution is 2.30. The molecule has 13 nitrogen and oxygen atoms in total. The van der Waals surface area contributed by atoms with Crippen molar-refractivity contribution in [3.63, 3.8) is 0 Å². The smallest absolute Gasteiger partial charge is 0.331 e. The van der Waals surface area contributed by atoms with Crippen molar-refractivity contribution in [1.82, 2.24) is 29.9 Å². The van der Waals surface area contributed by atoms with E-state index in [-0.39, 0.29) is 5.69 Å². The lowest BCUT2D eigenvalue weighted by atomic mass is 9.86. The number of fused-ring (bicyclic) bond motifs is 2. The average molecular weight is 738 g/mol. The van der Waals surface area contributed by atoms with E-state index in [0.717, 1.165) is 55.8 Å². The van der Waals surface area contributed by atoms with Gasteiger partial charge in [-0.25, -0.2) is 15.0 Å². The quantitative estimate of drug-likeness (QED) is 0.0752. The van der Waals surface area contributed by atoms with Gasteiger partial charge in [0, 0.05) is 76.6 Å². The first-order valence-corrected chi connectivity index (χ1v) is 17.8. The predicted molar refractivity (Wildman–Crippen MR) is 222 cm³/mol. The SMILES string of the molecule is COc1ccc(Nc2cc(C#[N+]CC(C)(C)c3cncc(Nc4cc(C#N)nc(Nc5ccc6cc[nH]c6c5)c4)c3)nc(Nc3ccc4cc[nH]c4c3)c2)cn1. The van der Waals surface area contributed by atoms with Crippen LogP contribution in [0, 0.1) is 17.4 Å². The van der Waals surface area contributed by atoms with E-state index in [0.29, 0.717) is 35.4 Å². The van der Waals surface area contributed by atoms with Gasteiger partial charge in [-0.3, -0.25) is 4.98 Å². The molecular formula is C43H37N12O+. The summed E-state index contributed by atoms with van der Waals surface area (Å²) in [7, 11) is 1.59. The maximum Gasteiger partial charge on any atom is 0.331 e. The van der Waals surface area contributed by atoms with Gasteiger partial charge in [-0.1, -0.05) is 17.0 Å². The van der Waals surface area contributed by atoms with Gasteiger partial charge in [0.25, 0.3) is 6.54 Å². The second kappa shape index (κ2) is 15.2. The molecule has 8 aromatic rings. The number of pyridine rings is 4. The first-order valence-electron chi connectivity index (χ1n) is 17.8. The minimum absolute atomic E-state index is 0.279. The van der Waals surface area contributed by atoms with Crippen molar-refractivity contribution < 1.29 is 4.74 Å². The van der Waals surface area contributed by atoms with E-state index in [1.54, 1.807) is 31.6 Å². The Morgan fingerprint density at radius 2 is 1.29 bits per heavy atom. The number of hydrogen-bond acceptors (Lipinski definition) is 10. The zero-order valence-electron chi connectivity index (χ0n) is 30.8. The summed E-state index contributed by atoms with van der Waals surface area (Å²) in [6.45, 7) is 4.63. The van der Waals surface area contributed by atoms with Gasteiger partial charge in [0.1, 0.15) is 23.4 Å². The largest absolute Gasteiger partial charge is 0.481 e. The molecule has 6 aromatic heterocycles. The van der Waals surface area contributed by atoms with Crippen molar-refractivity contribution in [2.75, 3.05) is 34.9 Å².